The van der Waals surface area contributed by atoms with Crippen LogP contribution in [0.2, 0.25) is 0 Å². The third-order valence-corrected chi connectivity index (χ3v) is 4.12. The van der Waals surface area contributed by atoms with E-state index < -0.39 is 0 Å². The molecule has 19 heavy (non-hydrogen) atoms. The molecule has 0 saturated heterocycles. The minimum Gasteiger partial charge on any atom is -0.494 e. The van der Waals surface area contributed by atoms with Crippen LogP contribution in [0, 0.1) is 5.92 Å². The predicted molar refractivity (Wildman–Crippen MR) is 89.2 cm³/mol. The van der Waals surface area contributed by atoms with E-state index in [-0.39, 0.29) is 0 Å². The fourth-order valence-corrected chi connectivity index (χ4v) is 2.46. The van der Waals surface area contributed by atoms with Crippen molar-refractivity contribution >= 4 is 27.7 Å². The summed E-state index contributed by atoms with van der Waals surface area (Å²) in [5, 5.41) is 3.46. The van der Waals surface area contributed by atoms with Crippen LogP contribution >= 0.6 is 27.7 Å². The Kier molecular flexibility index (Phi) is 8.58. The quantitative estimate of drug-likeness (QED) is 0.673. The van der Waals surface area contributed by atoms with Crippen molar-refractivity contribution in [1.29, 1.82) is 0 Å². The van der Waals surface area contributed by atoms with E-state index in [4.69, 9.17) is 4.74 Å². The maximum atomic E-state index is 5.77. The zero-order valence-electron chi connectivity index (χ0n) is 12.0. The number of benzene rings is 1. The largest absolute Gasteiger partial charge is 0.494 e. The first kappa shape index (κ1) is 16.9. The van der Waals surface area contributed by atoms with Crippen LogP contribution in [0.25, 0.3) is 0 Å². The Labute approximate surface area is 129 Å². The summed E-state index contributed by atoms with van der Waals surface area (Å²) in [7, 11) is 0. The molecule has 0 bridgehead atoms. The Morgan fingerprint density at radius 2 is 2.16 bits per heavy atom. The third-order valence-electron chi connectivity index (χ3n) is 2.65. The average Bonchev–Trinajstić information content (AvgIpc) is 2.37. The molecule has 0 spiro atoms. The normalized spacial score (nSPS) is 11.0. The Hall–Kier alpha value is -0.190. The van der Waals surface area contributed by atoms with Crippen molar-refractivity contribution in [2.24, 2.45) is 5.92 Å². The highest BCUT2D eigenvalue weighted by atomic mass is 79.9. The summed E-state index contributed by atoms with van der Waals surface area (Å²) in [4.78, 5) is 0. The van der Waals surface area contributed by atoms with E-state index in [0.717, 1.165) is 42.1 Å². The van der Waals surface area contributed by atoms with Gasteiger partial charge in [-0.1, -0.05) is 29.8 Å². The summed E-state index contributed by atoms with van der Waals surface area (Å²) in [5.74, 6) is 2.79. The molecule has 1 aromatic rings. The van der Waals surface area contributed by atoms with E-state index in [0.29, 0.717) is 5.92 Å². The second-order valence-corrected chi connectivity index (χ2v) is 6.81. The standard InChI is InChI=1S/C15H24BrNOS/c1-12(2)10-17-11-13-9-14(5-6-15(13)16)18-7-4-8-19-3/h5-6,9,12,17H,4,7-8,10-11H2,1-3H3. The molecule has 108 valence electrons. The molecule has 0 heterocycles. The lowest BCUT2D eigenvalue weighted by atomic mass is 10.2. The van der Waals surface area contributed by atoms with E-state index in [1.165, 1.54) is 5.56 Å². The van der Waals surface area contributed by atoms with Gasteiger partial charge < -0.3 is 10.1 Å². The van der Waals surface area contributed by atoms with Crippen LogP contribution in [-0.2, 0) is 6.54 Å². The van der Waals surface area contributed by atoms with E-state index in [1.54, 1.807) is 0 Å². The second-order valence-electron chi connectivity index (χ2n) is 4.97. The maximum absolute atomic E-state index is 5.77. The van der Waals surface area contributed by atoms with Gasteiger partial charge in [0.15, 0.2) is 0 Å². The lowest BCUT2D eigenvalue weighted by Crippen LogP contribution is -2.19. The molecule has 0 aliphatic heterocycles. The number of ether oxygens (including phenoxy) is 1. The molecule has 0 aliphatic carbocycles. The van der Waals surface area contributed by atoms with Crippen molar-refractivity contribution in [3.05, 3.63) is 28.2 Å². The molecule has 0 aromatic heterocycles. The van der Waals surface area contributed by atoms with Gasteiger partial charge in [-0.2, -0.15) is 11.8 Å². The summed E-state index contributed by atoms with van der Waals surface area (Å²) in [6.45, 7) is 7.13. The lowest BCUT2D eigenvalue weighted by molar-refractivity contribution is 0.318. The first-order chi connectivity index (χ1) is 9.13. The number of thioether (sulfide) groups is 1. The van der Waals surface area contributed by atoms with Crippen LogP contribution in [0.1, 0.15) is 25.8 Å². The molecule has 0 saturated carbocycles. The van der Waals surface area contributed by atoms with Gasteiger partial charge in [0.25, 0.3) is 0 Å². The van der Waals surface area contributed by atoms with Crippen LogP contribution in [0.3, 0.4) is 0 Å². The van der Waals surface area contributed by atoms with Crippen molar-refractivity contribution in [1.82, 2.24) is 5.32 Å². The van der Waals surface area contributed by atoms with Gasteiger partial charge in [-0.3, -0.25) is 0 Å². The van der Waals surface area contributed by atoms with Gasteiger partial charge in [-0.25, -0.2) is 0 Å². The molecular weight excluding hydrogens is 322 g/mol. The van der Waals surface area contributed by atoms with Gasteiger partial charge in [-0.05, 0) is 54.7 Å². The second kappa shape index (κ2) is 9.67. The highest BCUT2D eigenvalue weighted by Crippen LogP contribution is 2.22. The summed E-state index contributed by atoms with van der Waals surface area (Å²) in [6.07, 6.45) is 3.22. The summed E-state index contributed by atoms with van der Waals surface area (Å²) >= 11 is 5.45. The molecule has 0 amide bonds. The smallest absolute Gasteiger partial charge is 0.119 e. The number of hydrogen-bond acceptors (Lipinski definition) is 3. The molecular formula is C15H24BrNOS. The molecule has 1 rings (SSSR count). The fraction of sp³-hybridized carbons (Fsp3) is 0.600. The summed E-state index contributed by atoms with van der Waals surface area (Å²) in [6, 6.07) is 6.21. The van der Waals surface area contributed by atoms with Crippen molar-refractivity contribution in [3.8, 4) is 5.75 Å². The van der Waals surface area contributed by atoms with Gasteiger partial charge in [0.1, 0.15) is 5.75 Å². The molecule has 0 unspecified atom stereocenters. The van der Waals surface area contributed by atoms with Gasteiger partial charge in [0, 0.05) is 11.0 Å². The van der Waals surface area contributed by atoms with Gasteiger partial charge in [0.2, 0.25) is 0 Å². The fourth-order valence-electron chi connectivity index (χ4n) is 1.67. The van der Waals surface area contributed by atoms with Crippen molar-refractivity contribution in [3.63, 3.8) is 0 Å². The van der Waals surface area contributed by atoms with Crippen LogP contribution in [0.4, 0.5) is 0 Å². The monoisotopic (exact) mass is 345 g/mol. The molecule has 1 N–H and O–H groups in total. The highest BCUT2D eigenvalue weighted by Gasteiger charge is 2.03. The van der Waals surface area contributed by atoms with Crippen LogP contribution in [0.5, 0.6) is 5.75 Å². The Morgan fingerprint density at radius 1 is 1.37 bits per heavy atom. The molecule has 4 heteroatoms. The van der Waals surface area contributed by atoms with Gasteiger partial charge in [-0.15, -0.1) is 0 Å². The van der Waals surface area contributed by atoms with Gasteiger partial charge >= 0.3 is 0 Å². The first-order valence-corrected chi connectivity index (χ1v) is 8.93. The number of halogens is 1. The van der Waals surface area contributed by atoms with Crippen LogP contribution in [0.15, 0.2) is 22.7 Å². The van der Waals surface area contributed by atoms with Crippen LogP contribution in [-0.4, -0.2) is 25.2 Å². The zero-order valence-corrected chi connectivity index (χ0v) is 14.4. The SMILES string of the molecule is CSCCCOc1ccc(Br)c(CNCC(C)C)c1. The number of nitrogens with one attached hydrogen (secondary N) is 1. The van der Waals surface area contributed by atoms with E-state index in [9.17, 15) is 0 Å². The molecule has 0 fully saturated rings. The Balaban J connectivity index is 2.46. The summed E-state index contributed by atoms with van der Waals surface area (Å²) < 4.78 is 6.91. The minimum atomic E-state index is 0.671. The first-order valence-electron chi connectivity index (χ1n) is 6.74. The summed E-state index contributed by atoms with van der Waals surface area (Å²) in [5.41, 5.74) is 1.25. The Morgan fingerprint density at radius 3 is 2.84 bits per heavy atom. The molecule has 2 nitrogen and oxygen atoms in total. The molecule has 1 aromatic carbocycles. The minimum absolute atomic E-state index is 0.671. The zero-order chi connectivity index (χ0) is 14.1. The van der Waals surface area contributed by atoms with E-state index in [2.05, 4.69) is 53.5 Å². The average molecular weight is 346 g/mol. The molecule has 0 atom stereocenters. The predicted octanol–water partition coefficient (Wildman–Crippen LogP) is 4.33. The Bertz CT molecular complexity index is 371. The van der Waals surface area contributed by atoms with Crippen molar-refractivity contribution < 1.29 is 4.74 Å². The van der Waals surface area contributed by atoms with Crippen molar-refractivity contribution in [2.75, 3.05) is 25.2 Å². The molecule has 0 radical (unpaired) electrons. The van der Waals surface area contributed by atoms with E-state index >= 15 is 0 Å². The number of hydrogen-bond donors (Lipinski definition) is 1. The molecule has 0 aliphatic rings. The number of rotatable bonds is 9. The van der Waals surface area contributed by atoms with Crippen LogP contribution < -0.4 is 10.1 Å². The van der Waals surface area contributed by atoms with Crippen molar-refractivity contribution in [2.45, 2.75) is 26.8 Å². The highest BCUT2D eigenvalue weighted by molar-refractivity contribution is 9.10. The van der Waals surface area contributed by atoms with E-state index in [1.807, 2.05) is 17.8 Å². The maximum Gasteiger partial charge on any atom is 0.119 e. The third kappa shape index (κ3) is 7.23. The van der Waals surface area contributed by atoms with Gasteiger partial charge in [0.05, 0.1) is 6.61 Å². The lowest BCUT2D eigenvalue weighted by Gasteiger charge is -2.11. The topological polar surface area (TPSA) is 21.3 Å².